The van der Waals surface area contributed by atoms with E-state index in [9.17, 15) is 0 Å². The van der Waals surface area contributed by atoms with Gasteiger partial charge in [-0.15, -0.1) is 12.4 Å². The zero-order chi connectivity index (χ0) is 11.1. The Labute approximate surface area is 113 Å². The molecule has 0 saturated heterocycles. The molecule has 2 fully saturated rings. The van der Waals surface area contributed by atoms with Crippen LogP contribution in [0.3, 0.4) is 0 Å². The summed E-state index contributed by atoms with van der Waals surface area (Å²) in [6.45, 7) is 1.03. The van der Waals surface area contributed by atoms with E-state index in [2.05, 4.69) is 0 Å². The highest BCUT2D eigenvalue weighted by atomic mass is 35.5. The van der Waals surface area contributed by atoms with Gasteiger partial charge in [0.05, 0.1) is 6.10 Å². The highest BCUT2D eigenvalue weighted by Crippen LogP contribution is 2.27. The number of ether oxygens (including phenoxy) is 1. The van der Waals surface area contributed by atoms with E-state index < -0.39 is 0 Å². The topological polar surface area (TPSA) is 9.23 Å². The van der Waals surface area contributed by atoms with Gasteiger partial charge in [-0.1, -0.05) is 51.4 Å². The summed E-state index contributed by atoms with van der Waals surface area (Å²) in [7, 11) is 0. The number of rotatable bonds is 5. The predicted molar refractivity (Wildman–Crippen MR) is 75.9 cm³/mol. The highest BCUT2D eigenvalue weighted by molar-refractivity contribution is 5.85. The molecule has 0 radical (unpaired) electrons. The molecule has 102 valence electrons. The molecule has 2 heteroatoms. The fourth-order valence-electron chi connectivity index (χ4n) is 3.33. The molecule has 0 heterocycles. The summed E-state index contributed by atoms with van der Waals surface area (Å²) in [5, 5.41) is 0. The van der Waals surface area contributed by atoms with Crippen molar-refractivity contribution < 1.29 is 4.74 Å². The van der Waals surface area contributed by atoms with Crippen molar-refractivity contribution in [3.63, 3.8) is 0 Å². The minimum atomic E-state index is 0. The fourth-order valence-corrected chi connectivity index (χ4v) is 3.33. The lowest BCUT2D eigenvalue weighted by Gasteiger charge is -2.24. The van der Waals surface area contributed by atoms with E-state index >= 15 is 0 Å². The van der Waals surface area contributed by atoms with Crippen LogP contribution < -0.4 is 0 Å². The van der Waals surface area contributed by atoms with Crippen molar-refractivity contribution in [3.8, 4) is 0 Å². The SMILES string of the molecule is C1CCC(CCCOC2CCCCC2)CC1.Cl. The minimum Gasteiger partial charge on any atom is -0.378 e. The van der Waals surface area contributed by atoms with Gasteiger partial charge in [0.2, 0.25) is 0 Å². The minimum absolute atomic E-state index is 0. The molecule has 2 saturated carbocycles. The number of halogens is 1. The first-order valence-corrected chi connectivity index (χ1v) is 7.57. The molecular formula is C15H29ClO. The zero-order valence-corrected chi connectivity index (χ0v) is 12.0. The van der Waals surface area contributed by atoms with Crippen molar-refractivity contribution in [2.45, 2.75) is 83.2 Å². The van der Waals surface area contributed by atoms with Gasteiger partial charge >= 0.3 is 0 Å². The smallest absolute Gasteiger partial charge is 0.0575 e. The van der Waals surface area contributed by atoms with Gasteiger partial charge in [-0.05, 0) is 31.6 Å². The van der Waals surface area contributed by atoms with Gasteiger partial charge in [-0.25, -0.2) is 0 Å². The van der Waals surface area contributed by atoms with Crippen molar-refractivity contribution in [2.75, 3.05) is 6.61 Å². The quantitative estimate of drug-likeness (QED) is 0.624. The maximum atomic E-state index is 5.97. The van der Waals surface area contributed by atoms with Crippen LogP contribution in [0.2, 0.25) is 0 Å². The van der Waals surface area contributed by atoms with Crippen LogP contribution in [0.1, 0.15) is 77.0 Å². The average Bonchev–Trinajstić information content (AvgIpc) is 2.37. The van der Waals surface area contributed by atoms with Gasteiger partial charge in [-0.3, -0.25) is 0 Å². The predicted octanol–water partition coefficient (Wildman–Crippen LogP) is 5.12. The second-order valence-corrected chi connectivity index (χ2v) is 5.78. The Bertz CT molecular complexity index is 152. The molecule has 0 aliphatic heterocycles. The monoisotopic (exact) mass is 260 g/mol. The Balaban J connectivity index is 0.00000144. The number of hydrogen-bond donors (Lipinski definition) is 0. The maximum absolute atomic E-state index is 5.97. The third-order valence-corrected chi connectivity index (χ3v) is 4.39. The van der Waals surface area contributed by atoms with Crippen molar-refractivity contribution >= 4 is 12.4 Å². The first kappa shape index (κ1) is 15.3. The normalized spacial score (nSPS) is 23.3. The molecule has 0 atom stereocenters. The van der Waals surface area contributed by atoms with Crippen LogP contribution in [0, 0.1) is 5.92 Å². The van der Waals surface area contributed by atoms with Crippen LogP contribution in [0.25, 0.3) is 0 Å². The van der Waals surface area contributed by atoms with Gasteiger partial charge in [0.25, 0.3) is 0 Å². The van der Waals surface area contributed by atoms with Crippen LogP contribution in [0.15, 0.2) is 0 Å². The van der Waals surface area contributed by atoms with Crippen molar-refractivity contribution in [1.29, 1.82) is 0 Å². The lowest BCUT2D eigenvalue weighted by atomic mass is 9.86. The molecule has 0 unspecified atom stereocenters. The molecule has 0 aromatic carbocycles. The molecule has 0 N–H and O–H groups in total. The van der Waals surface area contributed by atoms with Crippen LogP contribution in [0.5, 0.6) is 0 Å². The summed E-state index contributed by atoms with van der Waals surface area (Å²) in [5.41, 5.74) is 0. The van der Waals surface area contributed by atoms with Crippen LogP contribution in [-0.2, 0) is 4.74 Å². The first-order chi connectivity index (χ1) is 7.95. The van der Waals surface area contributed by atoms with E-state index in [1.165, 1.54) is 77.0 Å². The maximum Gasteiger partial charge on any atom is 0.0575 e. The average molecular weight is 261 g/mol. The molecule has 0 aromatic rings. The summed E-state index contributed by atoms with van der Waals surface area (Å²) in [6.07, 6.45) is 17.6. The molecule has 0 amide bonds. The van der Waals surface area contributed by atoms with E-state index in [0.717, 1.165) is 12.5 Å². The fraction of sp³-hybridized carbons (Fsp3) is 1.00. The van der Waals surface area contributed by atoms with E-state index in [4.69, 9.17) is 4.74 Å². The van der Waals surface area contributed by atoms with E-state index in [1.807, 2.05) is 0 Å². The molecule has 2 aliphatic rings. The first-order valence-electron chi connectivity index (χ1n) is 7.57. The second-order valence-electron chi connectivity index (χ2n) is 5.78. The third-order valence-electron chi connectivity index (χ3n) is 4.39. The Morgan fingerprint density at radius 1 is 0.765 bits per heavy atom. The van der Waals surface area contributed by atoms with Gasteiger partial charge in [0.1, 0.15) is 0 Å². The van der Waals surface area contributed by atoms with E-state index in [0.29, 0.717) is 6.10 Å². The standard InChI is InChI=1S/C15H28O.ClH/c1-3-8-14(9-4-1)10-7-13-16-15-11-5-2-6-12-15;/h14-15H,1-13H2;1H. The molecule has 2 rings (SSSR count). The second kappa shape index (κ2) is 9.22. The van der Waals surface area contributed by atoms with Gasteiger partial charge < -0.3 is 4.74 Å². The van der Waals surface area contributed by atoms with Gasteiger partial charge in [0.15, 0.2) is 0 Å². The van der Waals surface area contributed by atoms with Crippen LogP contribution in [0.4, 0.5) is 0 Å². The Morgan fingerprint density at radius 3 is 2.00 bits per heavy atom. The lowest BCUT2D eigenvalue weighted by Crippen LogP contribution is -2.17. The lowest BCUT2D eigenvalue weighted by molar-refractivity contribution is 0.0243. The largest absolute Gasteiger partial charge is 0.378 e. The summed E-state index contributed by atoms with van der Waals surface area (Å²) >= 11 is 0. The van der Waals surface area contributed by atoms with Crippen LogP contribution in [-0.4, -0.2) is 12.7 Å². The Hall–Kier alpha value is 0.250. The van der Waals surface area contributed by atoms with Crippen molar-refractivity contribution in [2.24, 2.45) is 5.92 Å². The summed E-state index contributed by atoms with van der Waals surface area (Å²) < 4.78 is 5.97. The molecule has 2 aliphatic carbocycles. The Morgan fingerprint density at radius 2 is 1.35 bits per heavy atom. The van der Waals surface area contributed by atoms with E-state index in [1.54, 1.807) is 0 Å². The summed E-state index contributed by atoms with van der Waals surface area (Å²) in [6, 6.07) is 0. The highest BCUT2D eigenvalue weighted by Gasteiger charge is 2.15. The molecule has 0 bridgehead atoms. The van der Waals surface area contributed by atoms with E-state index in [-0.39, 0.29) is 12.4 Å². The third kappa shape index (κ3) is 6.10. The van der Waals surface area contributed by atoms with Crippen LogP contribution >= 0.6 is 12.4 Å². The summed E-state index contributed by atoms with van der Waals surface area (Å²) in [5.74, 6) is 1.03. The van der Waals surface area contributed by atoms with Gasteiger partial charge in [-0.2, -0.15) is 0 Å². The number of hydrogen-bond acceptors (Lipinski definition) is 1. The molecule has 1 nitrogen and oxygen atoms in total. The van der Waals surface area contributed by atoms with Crippen molar-refractivity contribution in [1.82, 2.24) is 0 Å². The molecule has 0 aromatic heterocycles. The molecular weight excluding hydrogens is 232 g/mol. The molecule has 17 heavy (non-hydrogen) atoms. The van der Waals surface area contributed by atoms with Crippen molar-refractivity contribution in [3.05, 3.63) is 0 Å². The summed E-state index contributed by atoms with van der Waals surface area (Å²) in [4.78, 5) is 0. The zero-order valence-electron chi connectivity index (χ0n) is 11.2. The Kier molecular flexibility index (Phi) is 8.30. The molecule has 0 spiro atoms. The van der Waals surface area contributed by atoms with Gasteiger partial charge in [0, 0.05) is 6.61 Å².